The summed E-state index contributed by atoms with van der Waals surface area (Å²) in [5.74, 6) is -0.379. The van der Waals surface area contributed by atoms with Gasteiger partial charge in [0.05, 0.1) is 12.6 Å². The molecule has 2 rings (SSSR count). The summed E-state index contributed by atoms with van der Waals surface area (Å²) in [5.41, 5.74) is 0. The highest BCUT2D eigenvalue weighted by Gasteiger charge is 2.36. The molecule has 8 nitrogen and oxygen atoms in total. The molecular weight excluding hydrogens is 358 g/mol. The highest BCUT2D eigenvalue weighted by molar-refractivity contribution is 7.89. The predicted octanol–water partition coefficient (Wildman–Crippen LogP) is 0.409. The molecule has 1 N–H and O–H groups in total. The molecule has 1 aromatic rings. The van der Waals surface area contributed by atoms with Gasteiger partial charge in [0.25, 0.3) is 0 Å². The fourth-order valence-corrected chi connectivity index (χ4v) is 4.14. The van der Waals surface area contributed by atoms with Crippen LogP contribution >= 0.6 is 0 Å². The molecular formula is C17H24N3O5S. The molecule has 0 saturated carbocycles. The second-order valence-electron chi connectivity index (χ2n) is 6.71. The molecule has 1 saturated heterocycles. The zero-order valence-electron chi connectivity index (χ0n) is 14.9. The van der Waals surface area contributed by atoms with Crippen molar-refractivity contribution in [3.63, 3.8) is 0 Å². The average Bonchev–Trinajstić information content (AvgIpc) is 2.76. The predicted molar refractivity (Wildman–Crippen MR) is 94.1 cm³/mol. The normalized spacial score (nSPS) is 19.3. The maximum atomic E-state index is 12.7. The molecule has 1 aliphatic heterocycles. The van der Waals surface area contributed by atoms with Gasteiger partial charge in [0.1, 0.15) is 0 Å². The monoisotopic (exact) mass is 382 g/mol. The summed E-state index contributed by atoms with van der Waals surface area (Å²) in [6, 6.07) is 3.37. The van der Waals surface area contributed by atoms with E-state index in [0.29, 0.717) is 25.2 Å². The first-order valence-electron chi connectivity index (χ1n) is 8.56. The van der Waals surface area contributed by atoms with Crippen molar-refractivity contribution >= 4 is 21.7 Å². The topological polar surface area (TPSA) is 110 Å². The number of nitrogens with one attached hydrogen (secondary N) is 1. The van der Waals surface area contributed by atoms with Crippen molar-refractivity contribution in [2.45, 2.75) is 44.2 Å². The van der Waals surface area contributed by atoms with Crippen LogP contribution in [0.1, 0.15) is 33.1 Å². The van der Waals surface area contributed by atoms with Crippen LogP contribution in [0.25, 0.3) is 0 Å². The van der Waals surface area contributed by atoms with Gasteiger partial charge in [-0.05, 0) is 31.2 Å². The fourth-order valence-electron chi connectivity index (χ4n) is 2.67. The van der Waals surface area contributed by atoms with Gasteiger partial charge in [-0.3, -0.25) is 9.59 Å². The number of pyridine rings is 1. The van der Waals surface area contributed by atoms with Crippen molar-refractivity contribution in [3.05, 3.63) is 36.0 Å². The number of carbonyl (C=O) groups is 2. The summed E-state index contributed by atoms with van der Waals surface area (Å²) >= 11 is 0. The second kappa shape index (κ2) is 8.59. The highest BCUT2D eigenvalue weighted by atomic mass is 32.2. The Morgan fingerprint density at radius 3 is 2.85 bits per heavy atom. The Hall–Kier alpha value is -2.00. The van der Waals surface area contributed by atoms with Gasteiger partial charge < -0.3 is 10.5 Å². The van der Waals surface area contributed by atoms with Crippen molar-refractivity contribution in [2.24, 2.45) is 5.92 Å². The van der Waals surface area contributed by atoms with E-state index >= 15 is 0 Å². The Morgan fingerprint density at radius 2 is 2.19 bits per heavy atom. The number of hydrogen-bond donors (Lipinski definition) is 1. The third-order valence-corrected chi connectivity index (χ3v) is 5.94. The molecule has 26 heavy (non-hydrogen) atoms. The van der Waals surface area contributed by atoms with Crippen LogP contribution in [-0.4, -0.2) is 43.5 Å². The fraction of sp³-hybridized carbons (Fsp3) is 0.529. The Labute approximate surface area is 153 Å². The minimum atomic E-state index is -4.08. The molecule has 143 valence electrons. The van der Waals surface area contributed by atoms with Crippen molar-refractivity contribution in [1.82, 2.24) is 9.62 Å². The SMILES string of the molecule is CC(C)C[CH]C(=O)N[C@H]1CCCN(S(=O)(=O)c2cccc[n+]2[O-])CC1=O. The Balaban J connectivity index is 2.07. The summed E-state index contributed by atoms with van der Waals surface area (Å²) in [5, 5.41) is 14.0. The minimum Gasteiger partial charge on any atom is -0.618 e. The van der Waals surface area contributed by atoms with Crippen LogP contribution in [0.4, 0.5) is 0 Å². The van der Waals surface area contributed by atoms with Gasteiger partial charge in [-0.1, -0.05) is 13.8 Å². The van der Waals surface area contributed by atoms with Gasteiger partial charge >= 0.3 is 15.0 Å². The van der Waals surface area contributed by atoms with Crippen LogP contribution in [0.3, 0.4) is 0 Å². The van der Waals surface area contributed by atoms with Crippen LogP contribution < -0.4 is 10.0 Å². The van der Waals surface area contributed by atoms with Gasteiger partial charge in [0.15, 0.2) is 12.0 Å². The number of aromatic nitrogens is 1. The second-order valence-corrected chi connectivity index (χ2v) is 8.59. The minimum absolute atomic E-state index is 0.116. The Bertz CT molecular complexity index is 763. The standard InChI is InChI=1S/C17H24N3O5S/c1-13(2)8-9-16(22)18-14-6-5-10-19(12-15(14)21)26(24,25)17-7-3-4-11-20(17)23/h3-4,7,9,11,13-14H,5-6,8,10,12H2,1-2H3,(H,18,22)/t14-/m0/s1. The van der Waals surface area contributed by atoms with Crippen molar-refractivity contribution in [3.8, 4) is 0 Å². The number of nitrogens with zero attached hydrogens (tertiary/aromatic N) is 2. The summed E-state index contributed by atoms with van der Waals surface area (Å²) < 4.78 is 26.6. The summed E-state index contributed by atoms with van der Waals surface area (Å²) in [6.45, 7) is 3.71. The molecule has 9 heteroatoms. The zero-order valence-corrected chi connectivity index (χ0v) is 15.7. The van der Waals surface area contributed by atoms with Crippen molar-refractivity contribution in [1.29, 1.82) is 0 Å². The third kappa shape index (κ3) is 5.01. The molecule has 0 aromatic carbocycles. The third-order valence-electron chi connectivity index (χ3n) is 4.11. The quantitative estimate of drug-likeness (QED) is 0.566. The first-order valence-corrected chi connectivity index (χ1v) is 10.0. The number of ketones is 1. The van der Waals surface area contributed by atoms with Crippen LogP contribution in [-0.2, 0) is 19.6 Å². The largest absolute Gasteiger partial charge is 0.618 e. The van der Waals surface area contributed by atoms with E-state index in [9.17, 15) is 23.2 Å². The van der Waals surface area contributed by atoms with Crippen molar-refractivity contribution < 1.29 is 22.7 Å². The molecule has 1 aromatic heterocycles. The zero-order chi connectivity index (χ0) is 19.3. The molecule has 0 aliphatic carbocycles. The van der Waals surface area contributed by atoms with Crippen LogP contribution in [0.5, 0.6) is 0 Å². The van der Waals surface area contributed by atoms with Crippen LogP contribution in [0.15, 0.2) is 29.4 Å². The number of Topliss-reactive ketones (excluding diaryl/α,β-unsaturated/α-hetero) is 1. The Morgan fingerprint density at radius 1 is 1.46 bits per heavy atom. The summed E-state index contributed by atoms with van der Waals surface area (Å²) in [6.07, 6.45) is 3.97. The lowest BCUT2D eigenvalue weighted by atomic mass is 10.1. The lowest BCUT2D eigenvalue weighted by Crippen LogP contribution is -2.46. The van der Waals surface area contributed by atoms with Crippen molar-refractivity contribution in [2.75, 3.05) is 13.1 Å². The number of sulfonamides is 1. The molecule has 1 aliphatic rings. The van der Waals surface area contributed by atoms with Gasteiger partial charge in [-0.2, -0.15) is 9.04 Å². The number of carbonyl (C=O) groups excluding carboxylic acids is 2. The number of amides is 1. The molecule has 1 atom stereocenters. The Kier molecular flexibility index (Phi) is 6.71. The van der Waals surface area contributed by atoms with Gasteiger partial charge in [0.2, 0.25) is 5.91 Å². The lowest BCUT2D eigenvalue weighted by molar-refractivity contribution is -0.646. The smallest absolute Gasteiger partial charge is 0.323 e. The molecule has 2 heterocycles. The molecule has 1 radical (unpaired) electrons. The van der Waals surface area contributed by atoms with Gasteiger partial charge in [0, 0.05) is 25.1 Å². The van der Waals surface area contributed by atoms with Gasteiger partial charge in [-0.15, -0.1) is 0 Å². The maximum absolute atomic E-state index is 12.7. The molecule has 0 spiro atoms. The van der Waals surface area contributed by atoms with Crippen LogP contribution in [0.2, 0.25) is 0 Å². The molecule has 0 bridgehead atoms. The maximum Gasteiger partial charge on any atom is 0.323 e. The number of hydrogen-bond acceptors (Lipinski definition) is 5. The highest BCUT2D eigenvalue weighted by Crippen LogP contribution is 2.17. The van der Waals surface area contributed by atoms with E-state index in [2.05, 4.69) is 5.32 Å². The van der Waals surface area contributed by atoms with Gasteiger partial charge in [-0.25, -0.2) is 8.42 Å². The van der Waals surface area contributed by atoms with E-state index in [1.54, 1.807) is 0 Å². The first kappa shape index (κ1) is 20.3. The van der Waals surface area contributed by atoms with E-state index in [1.807, 2.05) is 13.8 Å². The van der Waals surface area contributed by atoms with E-state index in [1.165, 1.54) is 24.6 Å². The lowest BCUT2D eigenvalue weighted by Gasteiger charge is -2.19. The molecule has 1 amide bonds. The van der Waals surface area contributed by atoms with E-state index in [-0.39, 0.29) is 29.5 Å². The first-order chi connectivity index (χ1) is 12.2. The average molecular weight is 382 g/mol. The van der Waals surface area contributed by atoms with Crippen LogP contribution in [0, 0.1) is 17.5 Å². The summed E-state index contributed by atoms with van der Waals surface area (Å²) in [4.78, 5) is 24.4. The van der Waals surface area contributed by atoms with E-state index < -0.39 is 21.1 Å². The molecule has 1 fully saturated rings. The summed E-state index contributed by atoms with van der Waals surface area (Å²) in [7, 11) is -4.08. The number of rotatable bonds is 6. The van der Waals surface area contributed by atoms with E-state index in [4.69, 9.17) is 0 Å². The molecule has 0 unspecified atom stereocenters. The van der Waals surface area contributed by atoms with E-state index in [0.717, 1.165) is 10.5 Å².